The lowest BCUT2D eigenvalue weighted by molar-refractivity contribution is -0.151. The number of esters is 2. The van der Waals surface area contributed by atoms with Crippen LogP contribution in [0.15, 0.2) is 18.2 Å². The van der Waals surface area contributed by atoms with Gasteiger partial charge in [0.15, 0.2) is 11.5 Å². The Bertz CT molecular complexity index is 946. The van der Waals surface area contributed by atoms with Gasteiger partial charge in [0.05, 0.1) is 26.9 Å². The lowest BCUT2D eigenvalue weighted by Gasteiger charge is -2.26. The number of carbonyl (C=O) groups excluding carboxylic acids is 4. The van der Waals surface area contributed by atoms with Crippen LogP contribution in [0.1, 0.15) is 72.3 Å². The lowest BCUT2D eigenvalue weighted by Crippen LogP contribution is -2.51. The molecule has 0 bridgehead atoms. The standard InChI is InChI=1S/C28H43NO10/c1-7-8-24(30)35-16-13-28(29,25(31)34-6)18-21-9-10-22(38-26(32)36-14-11-19(2)3)23(17-21)39-27(33)37-15-12-20(4)5/h9-10,17,19-20H,7-8,11-16,18,29H2,1-6H3/t28-/m1/s1. The van der Waals surface area contributed by atoms with E-state index in [1.165, 1.54) is 19.2 Å². The molecule has 1 atom stereocenters. The van der Waals surface area contributed by atoms with Crippen molar-refractivity contribution in [3.63, 3.8) is 0 Å². The summed E-state index contributed by atoms with van der Waals surface area (Å²) in [5.74, 6) is -0.652. The molecule has 0 radical (unpaired) electrons. The molecule has 11 heteroatoms. The van der Waals surface area contributed by atoms with E-state index in [0.717, 1.165) is 0 Å². The number of hydrogen-bond acceptors (Lipinski definition) is 11. The van der Waals surface area contributed by atoms with Crippen molar-refractivity contribution in [1.82, 2.24) is 0 Å². The van der Waals surface area contributed by atoms with Gasteiger partial charge in [-0.2, -0.15) is 0 Å². The van der Waals surface area contributed by atoms with Gasteiger partial charge in [-0.3, -0.25) is 9.59 Å². The average Bonchev–Trinajstić information content (AvgIpc) is 2.84. The maximum absolute atomic E-state index is 12.6. The SMILES string of the molecule is CCCC(=O)OCC[C@@](N)(Cc1ccc(OC(=O)OCCC(C)C)c(OC(=O)OCCC(C)C)c1)C(=O)OC. The molecule has 1 aromatic carbocycles. The van der Waals surface area contributed by atoms with E-state index in [4.69, 9.17) is 34.2 Å². The summed E-state index contributed by atoms with van der Waals surface area (Å²) in [5, 5.41) is 0. The predicted molar refractivity (Wildman–Crippen MR) is 142 cm³/mol. The van der Waals surface area contributed by atoms with Crippen molar-refractivity contribution in [2.75, 3.05) is 26.9 Å². The van der Waals surface area contributed by atoms with Crippen LogP contribution in [-0.2, 0) is 35.0 Å². The molecular formula is C28H43NO10. The maximum Gasteiger partial charge on any atom is 0.513 e. The number of ether oxygens (including phenoxy) is 6. The fourth-order valence-electron chi connectivity index (χ4n) is 3.27. The largest absolute Gasteiger partial charge is 0.513 e. The smallest absolute Gasteiger partial charge is 0.468 e. The van der Waals surface area contributed by atoms with Gasteiger partial charge in [-0.25, -0.2) is 9.59 Å². The molecule has 0 aliphatic rings. The van der Waals surface area contributed by atoms with Gasteiger partial charge in [0.1, 0.15) is 5.54 Å². The van der Waals surface area contributed by atoms with E-state index < -0.39 is 29.8 Å². The Kier molecular flexibility index (Phi) is 14.9. The third-order valence-electron chi connectivity index (χ3n) is 5.60. The minimum Gasteiger partial charge on any atom is -0.468 e. The molecule has 0 aromatic heterocycles. The van der Waals surface area contributed by atoms with Crippen LogP contribution in [-0.4, -0.2) is 56.7 Å². The highest BCUT2D eigenvalue weighted by molar-refractivity contribution is 5.81. The zero-order valence-electron chi connectivity index (χ0n) is 23.9. The summed E-state index contributed by atoms with van der Waals surface area (Å²) in [7, 11) is 1.20. The summed E-state index contributed by atoms with van der Waals surface area (Å²) < 4.78 is 30.9. The van der Waals surface area contributed by atoms with Gasteiger partial charge in [-0.05, 0) is 48.8 Å². The number of methoxy groups -OCH3 is 1. The molecule has 0 unspecified atom stereocenters. The summed E-state index contributed by atoms with van der Waals surface area (Å²) in [4.78, 5) is 48.8. The van der Waals surface area contributed by atoms with Crippen LogP contribution in [0, 0.1) is 11.8 Å². The molecule has 1 aromatic rings. The van der Waals surface area contributed by atoms with Crippen molar-refractivity contribution < 1.29 is 47.6 Å². The first-order chi connectivity index (χ1) is 18.4. The van der Waals surface area contributed by atoms with Gasteiger partial charge >= 0.3 is 24.2 Å². The summed E-state index contributed by atoms with van der Waals surface area (Å²) in [6.45, 7) is 10.0. The van der Waals surface area contributed by atoms with Gasteiger partial charge < -0.3 is 34.2 Å². The zero-order valence-corrected chi connectivity index (χ0v) is 23.9. The fourth-order valence-corrected chi connectivity index (χ4v) is 3.27. The van der Waals surface area contributed by atoms with Crippen molar-refractivity contribution >= 4 is 24.2 Å². The van der Waals surface area contributed by atoms with Gasteiger partial charge in [0.2, 0.25) is 0 Å². The molecule has 1 rings (SSSR count). The minimum absolute atomic E-state index is 0.0109. The molecule has 0 spiro atoms. The Morgan fingerprint density at radius 1 is 0.846 bits per heavy atom. The maximum atomic E-state index is 12.6. The van der Waals surface area contributed by atoms with Crippen LogP contribution in [0.2, 0.25) is 0 Å². The molecule has 0 heterocycles. The summed E-state index contributed by atoms with van der Waals surface area (Å²) >= 11 is 0. The second-order valence-electron chi connectivity index (χ2n) is 10.1. The fraction of sp³-hybridized carbons (Fsp3) is 0.643. The Balaban J connectivity index is 3.12. The van der Waals surface area contributed by atoms with Crippen LogP contribution in [0.4, 0.5) is 9.59 Å². The summed E-state index contributed by atoms with van der Waals surface area (Å²) in [5.41, 5.74) is 5.30. The number of rotatable bonds is 16. The molecule has 39 heavy (non-hydrogen) atoms. The molecule has 2 N–H and O–H groups in total. The van der Waals surface area contributed by atoms with Crippen LogP contribution in [0.5, 0.6) is 11.5 Å². The number of hydrogen-bond donors (Lipinski definition) is 1. The Morgan fingerprint density at radius 2 is 1.41 bits per heavy atom. The Morgan fingerprint density at radius 3 is 1.92 bits per heavy atom. The first-order valence-corrected chi connectivity index (χ1v) is 13.2. The third-order valence-corrected chi connectivity index (χ3v) is 5.60. The summed E-state index contributed by atoms with van der Waals surface area (Å²) in [6.07, 6.45) is 0.166. The quantitative estimate of drug-likeness (QED) is 0.168. The molecule has 0 fully saturated rings. The van der Waals surface area contributed by atoms with Crippen molar-refractivity contribution in [3.8, 4) is 11.5 Å². The number of carbonyl (C=O) groups is 4. The number of nitrogens with two attached hydrogens (primary N) is 1. The van der Waals surface area contributed by atoms with Gasteiger partial charge in [-0.15, -0.1) is 0 Å². The zero-order chi connectivity index (χ0) is 29.4. The van der Waals surface area contributed by atoms with E-state index in [1.807, 2.05) is 34.6 Å². The Hall–Kier alpha value is -3.34. The molecule has 0 aliphatic heterocycles. The van der Waals surface area contributed by atoms with E-state index in [-0.39, 0.29) is 50.6 Å². The van der Waals surface area contributed by atoms with Crippen LogP contribution < -0.4 is 15.2 Å². The molecule has 220 valence electrons. The second-order valence-corrected chi connectivity index (χ2v) is 10.1. The highest BCUT2D eigenvalue weighted by Crippen LogP contribution is 2.31. The van der Waals surface area contributed by atoms with Crippen molar-refractivity contribution in [3.05, 3.63) is 23.8 Å². The van der Waals surface area contributed by atoms with Crippen LogP contribution in [0.3, 0.4) is 0 Å². The number of benzene rings is 1. The van der Waals surface area contributed by atoms with E-state index in [1.54, 1.807) is 6.07 Å². The van der Waals surface area contributed by atoms with Crippen LogP contribution in [0.25, 0.3) is 0 Å². The van der Waals surface area contributed by atoms with Crippen LogP contribution >= 0.6 is 0 Å². The van der Waals surface area contributed by atoms with E-state index >= 15 is 0 Å². The third kappa shape index (κ3) is 13.3. The van der Waals surface area contributed by atoms with Crippen molar-refractivity contribution in [1.29, 1.82) is 0 Å². The lowest BCUT2D eigenvalue weighted by atomic mass is 9.88. The van der Waals surface area contributed by atoms with Crippen molar-refractivity contribution in [2.24, 2.45) is 17.6 Å². The molecule has 0 amide bonds. The summed E-state index contributed by atoms with van der Waals surface area (Å²) in [6, 6.07) is 4.37. The molecule has 0 saturated heterocycles. The first kappa shape index (κ1) is 33.7. The van der Waals surface area contributed by atoms with Gasteiger partial charge in [-0.1, -0.05) is 40.7 Å². The molecule has 0 aliphatic carbocycles. The minimum atomic E-state index is -1.55. The van der Waals surface area contributed by atoms with Gasteiger partial charge in [0.25, 0.3) is 0 Å². The van der Waals surface area contributed by atoms with Crippen molar-refractivity contribution in [2.45, 2.75) is 78.7 Å². The highest BCUT2D eigenvalue weighted by atomic mass is 16.7. The topological polar surface area (TPSA) is 150 Å². The van der Waals surface area contributed by atoms with E-state index in [9.17, 15) is 19.2 Å². The molecule has 11 nitrogen and oxygen atoms in total. The average molecular weight is 554 g/mol. The Labute approximate surface area is 230 Å². The first-order valence-electron chi connectivity index (χ1n) is 13.2. The monoisotopic (exact) mass is 553 g/mol. The normalized spacial score (nSPS) is 12.4. The highest BCUT2D eigenvalue weighted by Gasteiger charge is 2.36. The molecular weight excluding hydrogens is 510 g/mol. The second kappa shape index (κ2) is 17.3. The molecule has 0 saturated carbocycles. The van der Waals surface area contributed by atoms with E-state index in [2.05, 4.69) is 0 Å². The van der Waals surface area contributed by atoms with E-state index in [0.29, 0.717) is 36.7 Å². The predicted octanol–water partition coefficient (Wildman–Crippen LogP) is 4.96. The van der Waals surface area contributed by atoms with Gasteiger partial charge in [0, 0.05) is 19.3 Å².